The van der Waals surface area contributed by atoms with E-state index < -0.39 is 0 Å². The fourth-order valence-corrected chi connectivity index (χ4v) is 10.7. The van der Waals surface area contributed by atoms with Gasteiger partial charge in [0.2, 0.25) is 0 Å². The lowest BCUT2D eigenvalue weighted by molar-refractivity contribution is 1.31. The van der Waals surface area contributed by atoms with Crippen LogP contribution in [0.1, 0.15) is 5.56 Å². The van der Waals surface area contributed by atoms with Gasteiger partial charge in [-0.1, -0.05) is 140 Å². The lowest BCUT2D eigenvalue weighted by Crippen LogP contribution is -1.92. The van der Waals surface area contributed by atoms with Crippen LogP contribution in [0.25, 0.3) is 106 Å². The fourth-order valence-electron chi connectivity index (χ4n) is 8.04. The summed E-state index contributed by atoms with van der Waals surface area (Å²) in [4.78, 5) is 10.3. The van der Waals surface area contributed by atoms with Crippen LogP contribution in [0, 0.1) is 6.92 Å². The largest absolute Gasteiger partial charge is 0.252 e. The minimum atomic E-state index is 0.877. The Morgan fingerprint density at radius 2 is 0.863 bits per heavy atom. The molecule has 0 radical (unpaired) electrons. The highest BCUT2D eigenvalue weighted by molar-refractivity contribution is 7.27. The summed E-state index contributed by atoms with van der Waals surface area (Å²) in [5.74, 6) is 0. The molecule has 0 aliphatic rings. The average molecular weight is 685 g/mol. The normalized spacial score (nSPS) is 12.0. The van der Waals surface area contributed by atoms with Crippen LogP contribution in [-0.4, -0.2) is 9.97 Å². The van der Waals surface area contributed by atoms with Gasteiger partial charge in [0.25, 0.3) is 0 Å². The van der Waals surface area contributed by atoms with Gasteiger partial charge < -0.3 is 0 Å². The van der Waals surface area contributed by atoms with Gasteiger partial charge in [-0.05, 0) is 40.5 Å². The zero-order chi connectivity index (χ0) is 33.6. The van der Waals surface area contributed by atoms with Crippen LogP contribution in [0.3, 0.4) is 0 Å². The van der Waals surface area contributed by atoms with Crippen molar-refractivity contribution >= 4 is 95.6 Å². The van der Waals surface area contributed by atoms with E-state index in [2.05, 4.69) is 153 Å². The van der Waals surface area contributed by atoms with Crippen molar-refractivity contribution in [3.63, 3.8) is 0 Å². The van der Waals surface area contributed by atoms with Crippen molar-refractivity contribution in [1.29, 1.82) is 0 Å². The van der Waals surface area contributed by atoms with Gasteiger partial charge in [0.1, 0.15) is 0 Å². The van der Waals surface area contributed by atoms with Crippen molar-refractivity contribution < 1.29 is 0 Å². The Labute approximate surface area is 301 Å². The Morgan fingerprint density at radius 1 is 0.392 bits per heavy atom. The highest BCUT2D eigenvalue weighted by Gasteiger charge is 2.18. The molecule has 11 aromatic rings. The van der Waals surface area contributed by atoms with Gasteiger partial charge in [-0.25, -0.2) is 4.98 Å². The molecule has 51 heavy (non-hydrogen) atoms. The molecule has 11 rings (SSSR count). The molecule has 3 aromatic heterocycles. The van der Waals surface area contributed by atoms with Crippen molar-refractivity contribution in [3.05, 3.63) is 157 Å². The van der Waals surface area contributed by atoms with Crippen LogP contribution < -0.4 is 0 Å². The van der Waals surface area contributed by atoms with Crippen molar-refractivity contribution in [2.24, 2.45) is 0 Å². The molecular formula is C47H28N2S2. The summed E-state index contributed by atoms with van der Waals surface area (Å²) < 4.78 is 5.37. The van der Waals surface area contributed by atoms with Gasteiger partial charge in [-0.2, -0.15) is 0 Å². The number of rotatable bonds is 3. The lowest BCUT2D eigenvalue weighted by atomic mass is 9.97. The Bertz CT molecular complexity index is 3190. The van der Waals surface area contributed by atoms with Crippen LogP contribution in [0.5, 0.6) is 0 Å². The first kappa shape index (κ1) is 28.9. The maximum Gasteiger partial charge on any atom is 0.0979 e. The van der Waals surface area contributed by atoms with Gasteiger partial charge in [0, 0.05) is 67.8 Å². The molecule has 0 saturated carbocycles. The van der Waals surface area contributed by atoms with E-state index in [1.807, 2.05) is 28.9 Å². The van der Waals surface area contributed by atoms with E-state index in [1.165, 1.54) is 78.9 Å². The third kappa shape index (κ3) is 4.27. The Kier molecular flexibility index (Phi) is 6.24. The van der Waals surface area contributed by atoms with Crippen LogP contribution in [0.4, 0.5) is 0 Å². The van der Waals surface area contributed by atoms with E-state index in [-0.39, 0.29) is 0 Å². The van der Waals surface area contributed by atoms with Crippen molar-refractivity contribution in [2.45, 2.75) is 6.92 Å². The molecule has 0 amide bonds. The molecule has 0 aliphatic carbocycles. The number of hydrogen-bond donors (Lipinski definition) is 0. The van der Waals surface area contributed by atoms with Crippen molar-refractivity contribution in [2.75, 3.05) is 0 Å². The van der Waals surface area contributed by atoms with Gasteiger partial charge >= 0.3 is 0 Å². The predicted molar refractivity (Wildman–Crippen MR) is 221 cm³/mol. The molecule has 0 bridgehead atoms. The summed E-state index contributed by atoms with van der Waals surface area (Å²) >= 11 is 3.83. The molecule has 0 spiro atoms. The van der Waals surface area contributed by atoms with E-state index in [0.717, 1.165) is 33.1 Å². The fraction of sp³-hybridized carbons (Fsp3) is 0.0213. The second-order valence-corrected chi connectivity index (χ2v) is 15.4. The molecule has 8 aromatic carbocycles. The summed E-state index contributed by atoms with van der Waals surface area (Å²) in [6.45, 7) is 2.22. The van der Waals surface area contributed by atoms with Gasteiger partial charge in [-0.15, -0.1) is 22.7 Å². The lowest BCUT2D eigenvalue weighted by Gasteiger charge is -2.11. The van der Waals surface area contributed by atoms with Gasteiger partial charge in [0.05, 0.1) is 22.9 Å². The first-order chi connectivity index (χ1) is 25.2. The molecule has 0 fully saturated rings. The number of nitrogens with zero attached hydrogens (tertiary/aromatic N) is 2. The summed E-state index contributed by atoms with van der Waals surface area (Å²) in [5, 5.41) is 9.96. The van der Waals surface area contributed by atoms with Crippen LogP contribution in [0.15, 0.2) is 152 Å². The zero-order valence-corrected chi connectivity index (χ0v) is 29.3. The Hall–Kier alpha value is -5.94. The second-order valence-electron chi connectivity index (χ2n) is 13.3. The first-order valence-corrected chi connectivity index (χ1v) is 18.9. The molecule has 238 valence electrons. The third-order valence-electron chi connectivity index (χ3n) is 10.4. The Morgan fingerprint density at radius 3 is 1.53 bits per heavy atom. The standard InChI is InChI=1S/C47H28N2S2/c1-27-11-6-19-35-36-21-9-23-39(46(36)50-44(27)35)40-24-10-22-38-37-20-8-18-30(45(37)51-47(38)40)28-12-7-13-29(25-28)41-26-48-42-33-16-4-2-14-31(33)32-15-3-5-17-34(32)43(42)49-41/h2-26H,1H3. The maximum atomic E-state index is 5.29. The molecule has 4 heteroatoms. The molecule has 0 atom stereocenters. The average Bonchev–Trinajstić information content (AvgIpc) is 3.78. The maximum absolute atomic E-state index is 5.29. The number of hydrogen-bond acceptors (Lipinski definition) is 4. The predicted octanol–water partition coefficient (Wildman–Crippen LogP) is 14.0. The van der Waals surface area contributed by atoms with E-state index in [9.17, 15) is 0 Å². The SMILES string of the molecule is Cc1cccc2c1sc1c(-c3cccc4c3sc3c(-c5cccc(-c6cnc7c8ccccc8c8ccccc8c7n6)c5)cccc34)cccc12. The smallest absolute Gasteiger partial charge is 0.0979 e. The molecule has 0 N–H and O–H groups in total. The number of aromatic nitrogens is 2. The minimum absolute atomic E-state index is 0.877. The highest BCUT2D eigenvalue weighted by Crippen LogP contribution is 2.47. The molecular weight excluding hydrogens is 657 g/mol. The van der Waals surface area contributed by atoms with Crippen LogP contribution in [-0.2, 0) is 0 Å². The van der Waals surface area contributed by atoms with Gasteiger partial charge in [-0.3, -0.25) is 4.98 Å². The minimum Gasteiger partial charge on any atom is -0.252 e. The molecule has 0 unspecified atom stereocenters. The molecule has 3 heterocycles. The number of thiophene rings is 2. The third-order valence-corrected chi connectivity index (χ3v) is 13.1. The number of benzene rings is 8. The molecule has 0 aliphatic heterocycles. The zero-order valence-electron chi connectivity index (χ0n) is 27.6. The monoisotopic (exact) mass is 684 g/mol. The van der Waals surface area contributed by atoms with E-state index in [0.29, 0.717) is 0 Å². The number of aryl methyl sites for hydroxylation is 1. The van der Waals surface area contributed by atoms with Crippen molar-refractivity contribution in [3.8, 4) is 33.5 Å². The van der Waals surface area contributed by atoms with Gasteiger partial charge in [0.15, 0.2) is 0 Å². The van der Waals surface area contributed by atoms with E-state index >= 15 is 0 Å². The summed E-state index contributed by atoms with van der Waals surface area (Å²) in [6.07, 6.45) is 1.94. The number of fused-ring (bicyclic) bond motifs is 12. The van der Waals surface area contributed by atoms with Crippen LogP contribution in [0.2, 0.25) is 0 Å². The Balaban J connectivity index is 1.08. The first-order valence-electron chi connectivity index (χ1n) is 17.2. The summed E-state index contributed by atoms with van der Waals surface area (Å²) in [6, 6.07) is 52.9. The van der Waals surface area contributed by atoms with E-state index in [1.54, 1.807) is 0 Å². The topological polar surface area (TPSA) is 25.8 Å². The highest BCUT2D eigenvalue weighted by atomic mass is 32.1. The van der Waals surface area contributed by atoms with E-state index in [4.69, 9.17) is 9.97 Å². The van der Waals surface area contributed by atoms with Crippen LogP contribution >= 0.6 is 22.7 Å². The molecule has 0 saturated heterocycles. The van der Waals surface area contributed by atoms with Crippen molar-refractivity contribution in [1.82, 2.24) is 9.97 Å². The summed E-state index contributed by atoms with van der Waals surface area (Å²) in [7, 11) is 0. The quantitative estimate of drug-likeness (QED) is 0.173. The summed E-state index contributed by atoms with van der Waals surface area (Å²) in [5.41, 5.74) is 10.2. The molecule has 2 nitrogen and oxygen atoms in total. The second kappa shape index (κ2) is 11.0.